The Kier molecular flexibility index (Phi) is 6.07. The van der Waals surface area contributed by atoms with Crippen molar-refractivity contribution in [3.63, 3.8) is 0 Å². The zero-order chi connectivity index (χ0) is 37.2. The summed E-state index contributed by atoms with van der Waals surface area (Å²) in [5.74, 6) is 1.99. The second-order valence-corrected chi connectivity index (χ2v) is 15.3. The quantitative estimate of drug-likeness (QED) is 0.170. The summed E-state index contributed by atoms with van der Waals surface area (Å²) in [6.45, 7) is 0. The van der Waals surface area contributed by atoms with Gasteiger partial charge in [-0.3, -0.25) is 9.13 Å². The van der Waals surface area contributed by atoms with E-state index in [9.17, 15) is 0 Å². The summed E-state index contributed by atoms with van der Waals surface area (Å²) < 4.78 is 4.69. The molecule has 0 N–H and O–H groups in total. The van der Waals surface area contributed by atoms with Crippen LogP contribution in [0.3, 0.4) is 0 Å². The molecule has 0 saturated heterocycles. The van der Waals surface area contributed by atoms with E-state index in [1.54, 1.807) is 0 Å². The molecule has 0 unspecified atom stereocenters. The van der Waals surface area contributed by atoms with Gasteiger partial charge in [-0.1, -0.05) is 140 Å². The number of hydrogen-bond donors (Lipinski definition) is 0. The van der Waals surface area contributed by atoms with E-state index < -0.39 is 5.41 Å². The van der Waals surface area contributed by atoms with Crippen LogP contribution < -0.4 is 0 Å². The van der Waals surface area contributed by atoms with E-state index in [0.29, 0.717) is 0 Å². The molecule has 11 aromatic rings. The molecule has 0 bridgehead atoms. The molecule has 1 aliphatic heterocycles. The standard InChI is InChI=1S/C53H32N4/c1-2-15-37(16-3-1)56-48-25-13-11-23-45(48)54-51(56)35-26-28-39-36(31-35)30-33-14-4-5-17-38(33)50(39)34-27-29-49-46(32-34)55-52-53(44-22-10-12-24-47(44)57(49)52)42-20-8-6-18-40(42)41-19-7-9-21-43(41)53/h1-32H. The molecule has 4 heteroatoms. The minimum Gasteiger partial charge on any atom is -0.295 e. The number of fused-ring (bicyclic) bond motifs is 15. The molecule has 0 amide bonds. The average molecular weight is 725 g/mol. The van der Waals surface area contributed by atoms with Crippen LogP contribution in [0.4, 0.5) is 0 Å². The van der Waals surface area contributed by atoms with Crippen molar-refractivity contribution in [2.24, 2.45) is 0 Å². The predicted molar refractivity (Wildman–Crippen MR) is 232 cm³/mol. The van der Waals surface area contributed by atoms with Gasteiger partial charge in [-0.2, -0.15) is 0 Å². The molecule has 264 valence electrons. The first-order valence-electron chi connectivity index (χ1n) is 19.6. The first-order valence-corrected chi connectivity index (χ1v) is 19.6. The van der Waals surface area contributed by atoms with Crippen LogP contribution in [0, 0.1) is 0 Å². The van der Waals surface area contributed by atoms with Crippen LogP contribution in [0.1, 0.15) is 22.5 Å². The lowest BCUT2D eigenvalue weighted by atomic mass is 9.73. The zero-order valence-corrected chi connectivity index (χ0v) is 30.8. The third-order valence-corrected chi connectivity index (χ3v) is 12.5. The molecule has 1 aliphatic carbocycles. The molecule has 13 rings (SSSR count). The van der Waals surface area contributed by atoms with Gasteiger partial charge in [0, 0.05) is 11.3 Å². The summed E-state index contributed by atoms with van der Waals surface area (Å²) in [5.41, 5.74) is 15.8. The summed E-state index contributed by atoms with van der Waals surface area (Å²) in [5, 5.41) is 4.80. The summed E-state index contributed by atoms with van der Waals surface area (Å²) in [7, 11) is 0. The van der Waals surface area contributed by atoms with Gasteiger partial charge >= 0.3 is 0 Å². The Labute approximate surface area is 328 Å². The van der Waals surface area contributed by atoms with Crippen molar-refractivity contribution < 1.29 is 0 Å². The van der Waals surface area contributed by atoms with Crippen LogP contribution in [-0.2, 0) is 5.41 Å². The van der Waals surface area contributed by atoms with Crippen molar-refractivity contribution in [3.05, 3.63) is 217 Å². The van der Waals surface area contributed by atoms with Crippen LogP contribution in [-0.4, -0.2) is 19.1 Å². The number of imidazole rings is 2. The van der Waals surface area contributed by atoms with Crippen molar-refractivity contribution in [2.75, 3.05) is 0 Å². The number of nitrogens with zero attached hydrogens (tertiary/aromatic N) is 4. The molecular weight excluding hydrogens is 693 g/mol. The lowest BCUT2D eigenvalue weighted by molar-refractivity contribution is 0.738. The first-order chi connectivity index (χ1) is 28.3. The fourth-order valence-electron chi connectivity index (χ4n) is 10.2. The minimum absolute atomic E-state index is 0.498. The van der Waals surface area contributed by atoms with Gasteiger partial charge in [0.15, 0.2) is 0 Å². The molecule has 1 spiro atoms. The van der Waals surface area contributed by atoms with Gasteiger partial charge in [0.05, 0.1) is 27.8 Å². The van der Waals surface area contributed by atoms with E-state index in [1.165, 1.54) is 60.6 Å². The Morgan fingerprint density at radius 2 is 1.05 bits per heavy atom. The van der Waals surface area contributed by atoms with Gasteiger partial charge < -0.3 is 0 Å². The minimum atomic E-state index is -0.498. The molecule has 4 nitrogen and oxygen atoms in total. The monoisotopic (exact) mass is 724 g/mol. The highest BCUT2D eigenvalue weighted by molar-refractivity contribution is 6.14. The van der Waals surface area contributed by atoms with E-state index >= 15 is 0 Å². The van der Waals surface area contributed by atoms with Crippen molar-refractivity contribution in [1.29, 1.82) is 0 Å². The molecule has 2 aromatic heterocycles. The Hall–Kier alpha value is -7.56. The Morgan fingerprint density at radius 1 is 0.404 bits per heavy atom. The molecule has 0 radical (unpaired) electrons. The average Bonchev–Trinajstić information content (AvgIpc) is 4.00. The molecule has 0 atom stereocenters. The van der Waals surface area contributed by atoms with Crippen LogP contribution in [0.2, 0.25) is 0 Å². The zero-order valence-electron chi connectivity index (χ0n) is 30.8. The Balaban J connectivity index is 1.04. The summed E-state index contributed by atoms with van der Waals surface area (Å²) in [6.07, 6.45) is 0. The predicted octanol–water partition coefficient (Wildman–Crippen LogP) is 12.7. The number of para-hydroxylation sites is 4. The van der Waals surface area contributed by atoms with Crippen molar-refractivity contribution in [1.82, 2.24) is 19.1 Å². The van der Waals surface area contributed by atoms with Crippen molar-refractivity contribution in [3.8, 4) is 45.0 Å². The fourth-order valence-corrected chi connectivity index (χ4v) is 10.2. The highest BCUT2D eigenvalue weighted by atomic mass is 15.1. The van der Waals surface area contributed by atoms with Crippen LogP contribution in [0.5, 0.6) is 0 Å². The van der Waals surface area contributed by atoms with Gasteiger partial charge in [-0.15, -0.1) is 0 Å². The first kappa shape index (κ1) is 30.7. The maximum atomic E-state index is 5.65. The third kappa shape index (κ3) is 4.01. The number of hydrogen-bond acceptors (Lipinski definition) is 2. The molecule has 0 saturated carbocycles. The van der Waals surface area contributed by atoms with E-state index in [1.807, 2.05) is 0 Å². The lowest BCUT2D eigenvalue weighted by Crippen LogP contribution is -2.27. The number of benzene rings is 9. The Bertz CT molecular complexity index is 3430. The largest absolute Gasteiger partial charge is 0.295 e. The maximum absolute atomic E-state index is 5.65. The molecule has 3 heterocycles. The van der Waals surface area contributed by atoms with E-state index in [4.69, 9.17) is 9.97 Å². The third-order valence-electron chi connectivity index (χ3n) is 12.5. The molecule has 9 aromatic carbocycles. The maximum Gasteiger partial charge on any atom is 0.145 e. The normalized spacial score (nSPS) is 13.4. The van der Waals surface area contributed by atoms with E-state index in [2.05, 4.69) is 203 Å². The highest BCUT2D eigenvalue weighted by Gasteiger charge is 2.54. The summed E-state index contributed by atoms with van der Waals surface area (Å²) >= 11 is 0. The fraction of sp³-hybridized carbons (Fsp3) is 0.0189. The summed E-state index contributed by atoms with van der Waals surface area (Å²) in [4.78, 5) is 10.8. The van der Waals surface area contributed by atoms with Crippen LogP contribution in [0.15, 0.2) is 194 Å². The topological polar surface area (TPSA) is 35.6 Å². The summed E-state index contributed by atoms with van der Waals surface area (Å²) in [6, 6.07) is 70.4. The van der Waals surface area contributed by atoms with Gasteiger partial charge in [0.2, 0.25) is 0 Å². The SMILES string of the molecule is c1ccc(-n2c(-c3ccc4c(-c5ccc6c(c5)nc5n6-c6ccccc6C56c5ccccc5-c5ccccc56)c5ccccc5cc4c3)nc3ccccc32)cc1. The van der Waals surface area contributed by atoms with Crippen LogP contribution >= 0.6 is 0 Å². The number of rotatable bonds is 3. The molecule has 2 aliphatic rings. The van der Waals surface area contributed by atoms with Gasteiger partial charge in [-0.05, 0) is 115 Å². The number of aromatic nitrogens is 4. The van der Waals surface area contributed by atoms with Gasteiger partial charge in [0.1, 0.15) is 17.1 Å². The highest BCUT2D eigenvalue weighted by Crippen LogP contribution is 2.60. The van der Waals surface area contributed by atoms with Crippen LogP contribution in [0.25, 0.3) is 88.6 Å². The second-order valence-electron chi connectivity index (χ2n) is 15.3. The van der Waals surface area contributed by atoms with E-state index in [-0.39, 0.29) is 0 Å². The second kappa shape index (κ2) is 11.2. The molecular formula is C53H32N4. The Morgan fingerprint density at radius 3 is 1.89 bits per heavy atom. The molecule has 0 fully saturated rings. The van der Waals surface area contributed by atoms with E-state index in [0.717, 1.165) is 50.5 Å². The lowest BCUT2D eigenvalue weighted by Gasteiger charge is -2.27. The van der Waals surface area contributed by atoms with Crippen molar-refractivity contribution >= 4 is 43.6 Å². The smallest absolute Gasteiger partial charge is 0.145 e. The molecule has 57 heavy (non-hydrogen) atoms. The van der Waals surface area contributed by atoms with Crippen molar-refractivity contribution in [2.45, 2.75) is 5.41 Å². The van der Waals surface area contributed by atoms with Gasteiger partial charge in [0.25, 0.3) is 0 Å². The van der Waals surface area contributed by atoms with Gasteiger partial charge in [-0.25, -0.2) is 9.97 Å².